The van der Waals surface area contributed by atoms with Crippen molar-refractivity contribution in [3.8, 4) is 11.5 Å². The highest BCUT2D eigenvalue weighted by Gasteiger charge is 2.11. The first-order chi connectivity index (χ1) is 8.70. The van der Waals surface area contributed by atoms with Crippen molar-refractivity contribution in [2.24, 2.45) is 0 Å². The second kappa shape index (κ2) is 5.33. The van der Waals surface area contributed by atoms with Gasteiger partial charge in [-0.25, -0.2) is 4.79 Å². The van der Waals surface area contributed by atoms with Crippen LogP contribution in [0.25, 0.3) is 0 Å². The van der Waals surface area contributed by atoms with E-state index in [0.29, 0.717) is 5.75 Å². The van der Waals surface area contributed by atoms with Crippen LogP contribution >= 0.6 is 0 Å². The van der Waals surface area contributed by atoms with Crippen LogP contribution in [-0.4, -0.2) is 16.2 Å². The van der Waals surface area contributed by atoms with E-state index in [1.807, 2.05) is 6.07 Å². The van der Waals surface area contributed by atoms with E-state index >= 15 is 0 Å². The Morgan fingerprint density at radius 1 is 1.11 bits per heavy atom. The molecule has 0 spiro atoms. The lowest BCUT2D eigenvalue weighted by Crippen LogP contribution is -2.08. The molecule has 0 saturated heterocycles. The van der Waals surface area contributed by atoms with Gasteiger partial charge in [0.15, 0.2) is 0 Å². The van der Waals surface area contributed by atoms with E-state index < -0.39 is 5.97 Å². The molecule has 0 fully saturated rings. The maximum Gasteiger partial charge on any atom is 0.343 e. The summed E-state index contributed by atoms with van der Waals surface area (Å²) in [6.07, 6.45) is 0. The average Bonchev–Trinajstić information content (AvgIpc) is 2.40. The highest BCUT2D eigenvalue weighted by atomic mass is 16.5. The number of benzene rings is 2. The van der Waals surface area contributed by atoms with Gasteiger partial charge in [0.25, 0.3) is 0 Å². The summed E-state index contributed by atoms with van der Waals surface area (Å²) in [5.41, 5.74) is 0.568. The third-order valence-electron chi connectivity index (χ3n) is 2.44. The number of carbonyl (C=O) groups excluding carboxylic acids is 1. The van der Waals surface area contributed by atoms with Crippen LogP contribution in [0, 0.1) is 0 Å². The zero-order valence-electron chi connectivity index (χ0n) is 9.54. The van der Waals surface area contributed by atoms with E-state index in [2.05, 4.69) is 0 Å². The first-order valence-corrected chi connectivity index (χ1v) is 5.40. The van der Waals surface area contributed by atoms with Crippen LogP contribution in [0.4, 0.5) is 0 Å². The maximum atomic E-state index is 11.8. The molecule has 2 aromatic rings. The van der Waals surface area contributed by atoms with Gasteiger partial charge in [0, 0.05) is 5.56 Å². The molecule has 4 nitrogen and oxygen atoms in total. The van der Waals surface area contributed by atoms with E-state index in [-0.39, 0.29) is 23.5 Å². The number of hydrogen-bond acceptors (Lipinski definition) is 4. The van der Waals surface area contributed by atoms with Crippen molar-refractivity contribution in [2.75, 3.05) is 0 Å². The number of aliphatic hydroxyl groups is 1. The number of hydrogen-bond donors (Lipinski definition) is 2. The predicted molar refractivity (Wildman–Crippen MR) is 65.4 cm³/mol. The van der Waals surface area contributed by atoms with Gasteiger partial charge in [-0.2, -0.15) is 0 Å². The summed E-state index contributed by atoms with van der Waals surface area (Å²) in [5.74, 6) is -0.134. The van der Waals surface area contributed by atoms with Gasteiger partial charge in [-0.3, -0.25) is 0 Å². The molecule has 0 bridgehead atoms. The molecule has 0 unspecified atom stereocenters. The Morgan fingerprint density at radius 2 is 1.83 bits per heavy atom. The van der Waals surface area contributed by atoms with E-state index in [4.69, 9.17) is 9.84 Å². The van der Waals surface area contributed by atoms with E-state index in [1.165, 1.54) is 18.2 Å². The zero-order chi connectivity index (χ0) is 13.0. The van der Waals surface area contributed by atoms with Gasteiger partial charge in [0.05, 0.1) is 12.2 Å². The maximum absolute atomic E-state index is 11.8. The lowest BCUT2D eigenvalue weighted by atomic mass is 10.1. The van der Waals surface area contributed by atoms with Crippen molar-refractivity contribution in [3.63, 3.8) is 0 Å². The van der Waals surface area contributed by atoms with Gasteiger partial charge < -0.3 is 14.9 Å². The van der Waals surface area contributed by atoms with Crippen LogP contribution in [0.1, 0.15) is 15.9 Å². The molecular formula is C14H12O4. The number of para-hydroxylation sites is 1. The summed E-state index contributed by atoms with van der Waals surface area (Å²) in [4.78, 5) is 11.8. The molecular weight excluding hydrogens is 232 g/mol. The molecule has 0 aromatic heterocycles. The molecule has 0 aliphatic heterocycles. The van der Waals surface area contributed by atoms with Crippen LogP contribution in [0.3, 0.4) is 0 Å². The summed E-state index contributed by atoms with van der Waals surface area (Å²) in [6.45, 7) is -0.335. The van der Waals surface area contributed by atoms with Crippen LogP contribution in [0.2, 0.25) is 0 Å². The number of rotatable bonds is 3. The zero-order valence-corrected chi connectivity index (χ0v) is 9.54. The Labute approximate surface area is 104 Å². The summed E-state index contributed by atoms with van der Waals surface area (Å²) in [7, 11) is 0. The second-order valence-electron chi connectivity index (χ2n) is 3.70. The molecule has 0 amide bonds. The van der Waals surface area contributed by atoms with Gasteiger partial charge >= 0.3 is 5.97 Å². The fourth-order valence-corrected chi connectivity index (χ4v) is 1.49. The van der Waals surface area contributed by atoms with Crippen molar-refractivity contribution >= 4 is 5.97 Å². The fourth-order valence-electron chi connectivity index (χ4n) is 1.49. The molecule has 92 valence electrons. The van der Waals surface area contributed by atoms with Gasteiger partial charge in [-0.15, -0.1) is 0 Å². The molecule has 18 heavy (non-hydrogen) atoms. The smallest absolute Gasteiger partial charge is 0.343 e. The number of ether oxygens (including phenoxy) is 1. The third kappa shape index (κ3) is 2.67. The van der Waals surface area contributed by atoms with Crippen LogP contribution in [-0.2, 0) is 6.61 Å². The molecule has 2 rings (SSSR count). The lowest BCUT2D eigenvalue weighted by molar-refractivity contribution is 0.0734. The Kier molecular flexibility index (Phi) is 3.60. The Bertz CT molecular complexity index is 549. The molecule has 2 aromatic carbocycles. The summed E-state index contributed by atoms with van der Waals surface area (Å²) in [5, 5.41) is 18.4. The van der Waals surface area contributed by atoms with Gasteiger partial charge in [-0.05, 0) is 30.3 Å². The summed E-state index contributed by atoms with van der Waals surface area (Å²) < 4.78 is 5.14. The highest BCUT2D eigenvalue weighted by Crippen LogP contribution is 2.19. The fraction of sp³-hybridized carbons (Fsp3) is 0.0714. The minimum Gasteiger partial charge on any atom is -0.508 e. The Morgan fingerprint density at radius 3 is 2.50 bits per heavy atom. The number of carbonyl (C=O) groups is 1. The second-order valence-corrected chi connectivity index (χ2v) is 3.70. The van der Waals surface area contributed by atoms with Crippen molar-refractivity contribution in [2.45, 2.75) is 6.61 Å². The van der Waals surface area contributed by atoms with Gasteiger partial charge in [-0.1, -0.05) is 18.2 Å². The Balaban J connectivity index is 2.19. The quantitative estimate of drug-likeness (QED) is 0.641. The summed E-state index contributed by atoms with van der Waals surface area (Å²) in [6, 6.07) is 12.9. The molecule has 0 atom stereocenters. The van der Waals surface area contributed by atoms with Crippen LogP contribution in [0.15, 0.2) is 48.5 Å². The number of phenols is 1. The molecule has 0 aliphatic carbocycles. The largest absolute Gasteiger partial charge is 0.508 e. The lowest BCUT2D eigenvalue weighted by Gasteiger charge is -2.06. The number of aromatic hydroxyl groups is 1. The minimum absolute atomic E-state index is 0.0474. The number of esters is 1. The normalized spacial score (nSPS) is 10.1. The van der Waals surface area contributed by atoms with Crippen molar-refractivity contribution in [1.82, 2.24) is 0 Å². The minimum atomic E-state index is -0.532. The first kappa shape index (κ1) is 12.1. The summed E-state index contributed by atoms with van der Waals surface area (Å²) >= 11 is 0. The molecule has 0 radical (unpaired) electrons. The first-order valence-electron chi connectivity index (χ1n) is 5.40. The monoisotopic (exact) mass is 244 g/mol. The van der Waals surface area contributed by atoms with Crippen molar-refractivity contribution in [1.29, 1.82) is 0 Å². The SMILES string of the molecule is O=C(Oc1ccccc1)c1ccc(O)c(CO)c1. The van der Waals surface area contributed by atoms with Crippen molar-refractivity contribution in [3.05, 3.63) is 59.7 Å². The topological polar surface area (TPSA) is 66.8 Å². The number of aliphatic hydroxyl groups excluding tert-OH is 1. The van der Waals surface area contributed by atoms with E-state index in [0.717, 1.165) is 0 Å². The molecule has 2 N–H and O–H groups in total. The van der Waals surface area contributed by atoms with E-state index in [1.54, 1.807) is 24.3 Å². The third-order valence-corrected chi connectivity index (χ3v) is 2.44. The molecule has 4 heteroatoms. The van der Waals surface area contributed by atoms with Gasteiger partial charge in [0.1, 0.15) is 11.5 Å². The van der Waals surface area contributed by atoms with Crippen molar-refractivity contribution < 1.29 is 19.7 Å². The standard InChI is InChI=1S/C14H12O4/c15-9-11-8-10(6-7-13(11)16)14(17)18-12-4-2-1-3-5-12/h1-8,15-16H,9H2. The molecule has 0 heterocycles. The molecule has 0 saturated carbocycles. The van der Waals surface area contributed by atoms with E-state index in [9.17, 15) is 9.90 Å². The molecule has 0 aliphatic rings. The van der Waals surface area contributed by atoms with Crippen LogP contribution in [0.5, 0.6) is 11.5 Å². The average molecular weight is 244 g/mol. The predicted octanol–water partition coefficient (Wildman–Crippen LogP) is 2.10. The highest BCUT2D eigenvalue weighted by molar-refractivity contribution is 5.91. The van der Waals surface area contributed by atoms with Gasteiger partial charge in [0.2, 0.25) is 0 Å². The van der Waals surface area contributed by atoms with Crippen LogP contribution < -0.4 is 4.74 Å². The Hall–Kier alpha value is -2.33.